The van der Waals surface area contributed by atoms with Crippen LogP contribution < -0.4 is 5.32 Å². The molecule has 0 atom stereocenters. The maximum atomic E-state index is 12.3. The molecule has 0 heterocycles. The summed E-state index contributed by atoms with van der Waals surface area (Å²) in [6.45, 7) is 2.94. The number of carbonyl (C=O) groups is 3. The van der Waals surface area contributed by atoms with Gasteiger partial charge in [-0.25, -0.2) is 4.79 Å². The van der Waals surface area contributed by atoms with Crippen LogP contribution in [0.5, 0.6) is 0 Å². The van der Waals surface area contributed by atoms with Crippen molar-refractivity contribution in [3.8, 4) is 0 Å². The van der Waals surface area contributed by atoms with Crippen LogP contribution in [0.1, 0.15) is 37.0 Å². The molecule has 1 aliphatic rings. The van der Waals surface area contributed by atoms with Gasteiger partial charge < -0.3 is 15.3 Å². The van der Waals surface area contributed by atoms with Crippen LogP contribution in [0.25, 0.3) is 0 Å². The lowest BCUT2D eigenvalue weighted by atomic mass is 10.0. The Balaban J connectivity index is 2.07. The van der Waals surface area contributed by atoms with Gasteiger partial charge in [0.05, 0.1) is 0 Å². The predicted octanol–water partition coefficient (Wildman–Crippen LogP) is 1.97. The number of hydrogen-bond acceptors (Lipinski definition) is 3. The molecule has 22 heavy (non-hydrogen) atoms. The Labute approximate surface area is 129 Å². The number of carboxylic acid groups (broad SMARTS) is 1. The first-order valence-corrected chi connectivity index (χ1v) is 7.16. The molecule has 6 heteroatoms. The van der Waals surface area contributed by atoms with Gasteiger partial charge >= 0.3 is 5.97 Å². The van der Waals surface area contributed by atoms with Crippen LogP contribution in [-0.2, 0) is 9.59 Å². The van der Waals surface area contributed by atoms with Crippen LogP contribution in [-0.4, -0.2) is 40.4 Å². The highest BCUT2D eigenvalue weighted by atomic mass is 16.4. The van der Waals surface area contributed by atoms with Gasteiger partial charge in [-0.05, 0) is 51.0 Å². The quantitative estimate of drug-likeness (QED) is 0.870. The van der Waals surface area contributed by atoms with E-state index in [2.05, 4.69) is 5.32 Å². The SMILES string of the molecule is CN(C(=O)c1ccc(NC(=O)C2CC2)cc1)C(C)(C)C(=O)O. The maximum absolute atomic E-state index is 12.3. The molecule has 1 saturated carbocycles. The summed E-state index contributed by atoms with van der Waals surface area (Å²) in [5.41, 5.74) is -0.287. The minimum Gasteiger partial charge on any atom is -0.480 e. The molecule has 0 spiro atoms. The third-order valence-corrected chi connectivity index (χ3v) is 4.01. The van der Waals surface area contributed by atoms with Crippen molar-refractivity contribution in [2.45, 2.75) is 32.2 Å². The maximum Gasteiger partial charge on any atom is 0.329 e. The van der Waals surface area contributed by atoms with E-state index in [1.165, 1.54) is 25.8 Å². The molecule has 2 rings (SSSR count). The fourth-order valence-electron chi connectivity index (χ4n) is 1.88. The summed E-state index contributed by atoms with van der Waals surface area (Å²) in [5, 5.41) is 12.0. The minimum atomic E-state index is -1.30. The third kappa shape index (κ3) is 3.27. The van der Waals surface area contributed by atoms with E-state index < -0.39 is 11.5 Å². The number of nitrogens with zero attached hydrogens (tertiary/aromatic N) is 1. The van der Waals surface area contributed by atoms with E-state index in [0.29, 0.717) is 11.3 Å². The van der Waals surface area contributed by atoms with Crippen molar-refractivity contribution in [1.29, 1.82) is 0 Å². The van der Waals surface area contributed by atoms with Crippen LogP contribution in [0.4, 0.5) is 5.69 Å². The van der Waals surface area contributed by atoms with Gasteiger partial charge in [-0.3, -0.25) is 9.59 Å². The van der Waals surface area contributed by atoms with E-state index >= 15 is 0 Å². The van der Waals surface area contributed by atoms with E-state index in [1.807, 2.05) is 0 Å². The summed E-state index contributed by atoms with van der Waals surface area (Å²) in [6, 6.07) is 6.46. The molecule has 0 unspecified atom stereocenters. The number of anilines is 1. The molecule has 1 fully saturated rings. The fraction of sp³-hybridized carbons (Fsp3) is 0.438. The average Bonchev–Trinajstić information content (AvgIpc) is 3.31. The smallest absolute Gasteiger partial charge is 0.329 e. The zero-order valence-corrected chi connectivity index (χ0v) is 12.9. The molecular weight excluding hydrogens is 284 g/mol. The molecule has 118 valence electrons. The fourth-order valence-corrected chi connectivity index (χ4v) is 1.88. The Bertz CT molecular complexity index is 603. The van der Waals surface area contributed by atoms with Gasteiger partial charge in [0.25, 0.3) is 5.91 Å². The highest BCUT2D eigenvalue weighted by Gasteiger charge is 2.35. The van der Waals surface area contributed by atoms with E-state index in [1.54, 1.807) is 24.3 Å². The average molecular weight is 304 g/mol. The van der Waals surface area contributed by atoms with Gasteiger partial charge in [0, 0.05) is 24.2 Å². The topological polar surface area (TPSA) is 86.7 Å². The zero-order valence-electron chi connectivity index (χ0n) is 12.9. The molecule has 0 saturated heterocycles. The van der Waals surface area contributed by atoms with Gasteiger partial charge in [0.15, 0.2) is 0 Å². The standard InChI is InChI=1S/C16H20N2O4/c1-16(2,15(21)22)18(3)14(20)11-6-8-12(9-7-11)17-13(19)10-4-5-10/h6-10H,4-5H2,1-3H3,(H,17,19)(H,21,22). The van der Waals surface area contributed by atoms with Crippen molar-refractivity contribution in [1.82, 2.24) is 4.90 Å². The van der Waals surface area contributed by atoms with Crippen molar-refractivity contribution in [3.63, 3.8) is 0 Å². The molecule has 1 aromatic carbocycles. The molecule has 1 aromatic rings. The van der Waals surface area contributed by atoms with Crippen molar-refractivity contribution >= 4 is 23.5 Å². The monoisotopic (exact) mass is 304 g/mol. The number of benzene rings is 1. The molecule has 2 amide bonds. The first-order valence-electron chi connectivity index (χ1n) is 7.16. The normalized spacial score (nSPS) is 14.3. The number of aliphatic carboxylic acids is 1. The highest BCUT2D eigenvalue weighted by molar-refractivity contribution is 5.98. The number of amides is 2. The van der Waals surface area contributed by atoms with Crippen molar-refractivity contribution < 1.29 is 19.5 Å². The van der Waals surface area contributed by atoms with Gasteiger partial charge in [-0.2, -0.15) is 0 Å². The molecule has 0 aliphatic heterocycles. The van der Waals surface area contributed by atoms with Crippen molar-refractivity contribution in [2.75, 3.05) is 12.4 Å². The van der Waals surface area contributed by atoms with Crippen molar-refractivity contribution in [2.24, 2.45) is 5.92 Å². The lowest BCUT2D eigenvalue weighted by Gasteiger charge is -2.31. The van der Waals surface area contributed by atoms with Gasteiger partial charge in [0.1, 0.15) is 5.54 Å². The van der Waals surface area contributed by atoms with Crippen LogP contribution in [0.3, 0.4) is 0 Å². The van der Waals surface area contributed by atoms with Gasteiger partial charge in [0.2, 0.25) is 5.91 Å². The number of hydrogen-bond donors (Lipinski definition) is 2. The number of likely N-dealkylation sites (N-methyl/N-ethyl adjacent to an activating group) is 1. The Kier molecular flexibility index (Phi) is 4.21. The molecule has 6 nitrogen and oxygen atoms in total. The largest absolute Gasteiger partial charge is 0.480 e. The van der Waals surface area contributed by atoms with E-state index in [9.17, 15) is 14.4 Å². The summed E-state index contributed by atoms with van der Waals surface area (Å²) in [5.74, 6) is -1.34. The van der Waals surface area contributed by atoms with E-state index in [-0.39, 0.29) is 17.7 Å². The van der Waals surface area contributed by atoms with Gasteiger partial charge in [-0.15, -0.1) is 0 Å². The Hall–Kier alpha value is -2.37. The van der Waals surface area contributed by atoms with Crippen LogP contribution in [0.15, 0.2) is 24.3 Å². The second-order valence-electron chi connectivity index (χ2n) is 6.07. The minimum absolute atomic E-state index is 0.00297. The first kappa shape index (κ1) is 16.0. The summed E-state index contributed by atoms with van der Waals surface area (Å²) < 4.78 is 0. The Morgan fingerprint density at radius 1 is 1.18 bits per heavy atom. The lowest BCUT2D eigenvalue weighted by Crippen LogP contribution is -2.50. The summed E-state index contributed by atoms with van der Waals surface area (Å²) >= 11 is 0. The van der Waals surface area contributed by atoms with Crippen molar-refractivity contribution in [3.05, 3.63) is 29.8 Å². The van der Waals surface area contributed by atoms with Gasteiger partial charge in [-0.1, -0.05) is 0 Å². The Morgan fingerprint density at radius 2 is 1.73 bits per heavy atom. The third-order valence-electron chi connectivity index (χ3n) is 4.01. The molecule has 0 bridgehead atoms. The predicted molar refractivity (Wildman–Crippen MR) is 81.6 cm³/mol. The molecule has 2 N–H and O–H groups in total. The van der Waals surface area contributed by atoms with Crippen LogP contribution in [0.2, 0.25) is 0 Å². The number of nitrogens with one attached hydrogen (secondary N) is 1. The summed E-state index contributed by atoms with van der Waals surface area (Å²) in [7, 11) is 1.46. The summed E-state index contributed by atoms with van der Waals surface area (Å²) in [6.07, 6.45) is 1.86. The summed E-state index contributed by atoms with van der Waals surface area (Å²) in [4.78, 5) is 36.4. The van der Waals surface area contributed by atoms with Crippen LogP contribution >= 0.6 is 0 Å². The van der Waals surface area contributed by atoms with E-state index in [4.69, 9.17) is 5.11 Å². The van der Waals surface area contributed by atoms with E-state index in [0.717, 1.165) is 12.8 Å². The van der Waals surface area contributed by atoms with Crippen LogP contribution in [0, 0.1) is 5.92 Å². The number of carboxylic acids is 1. The molecule has 0 aromatic heterocycles. The highest BCUT2D eigenvalue weighted by Crippen LogP contribution is 2.30. The molecule has 0 radical (unpaired) electrons. The first-order chi connectivity index (χ1) is 10.2. The lowest BCUT2D eigenvalue weighted by molar-refractivity contribution is -0.147. The molecule has 1 aliphatic carbocycles. The second-order valence-corrected chi connectivity index (χ2v) is 6.07. The Morgan fingerprint density at radius 3 is 2.18 bits per heavy atom. The number of carbonyl (C=O) groups excluding carboxylic acids is 2. The molecular formula is C16H20N2O4. The zero-order chi connectivity index (χ0) is 16.5. The number of rotatable bonds is 5. The second kappa shape index (κ2) is 5.79.